The molecule has 1 aromatic rings. The predicted octanol–water partition coefficient (Wildman–Crippen LogP) is 2.43. The second-order valence-corrected chi connectivity index (χ2v) is 6.20. The average molecular weight is 288 g/mol. The van der Waals surface area contributed by atoms with Gasteiger partial charge in [-0.1, -0.05) is 38.1 Å². The lowest BCUT2D eigenvalue weighted by atomic mass is 9.92. The molecule has 0 saturated carbocycles. The summed E-state index contributed by atoms with van der Waals surface area (Å²) in [5, 5.41) is 2.78. The molecule has 1 aromatic carbocycles. The van der Waals surface area contributed by atoms with Crippen LogP contribution in [0, 0.1) is 12.8 Å². The molecule has 4 nitrogen and oxygen atoms in total. The summed E-state index contributed by atoms with van der Waals surface area (Å²) >= 11 is 0. The largest absolute Gasteiger partial charge is 0.343 e. The van der Waals surface area contributed by atoms with Crippen molar-refractivity contribution in [1.29, 1.82) is 0 Å². The molecular formula is C17H24N2O2. The summed E-state index contributed by atoms with van der Waals surface area (Å²) in [7, 11) is 0. The predicted molar refractivity (Wildman–Crippen MR) is 82.7 cm³/mol. The monoisotopic (exact) mass is 288 g/mol. The van der Waals surface area contributed by atoms with Crippen molar-refractivity contribution in [2.45, 2.75) is 52.7 Å². The van der Waals surface area contributed by atoms with Gasteiger partial charge in [0.05, 0.1) is 6.04 Å². The van der Waals surface area contributed by atoms with Crippen LogP contribution in [0.1, 0.15) is 44.9 Å². The van der Waals surface area contributed by atoms with Gasteiger partial charge in [0.2, 0.25) is 11.8 Å². The van der Waals surface area contributed by atoms with Crippen LogP contribution in [-0.2, 0) is 9.59 Å². The van der Waals surface area contributed by atoms with Gasteiger partial charge >= 0.3 is 0 Å². The van der Waals surface area contributed by atoms with E-state index in [4.69, 9.17) is 0 Å². The number of amides is 2. The number of benzene rings is 1. The van der Waals surface area contributed by atoms with E-state index in [0.717, 1.165) is 11.1 Å². The zero-order valence-corrected chi connectivity index (χ0v) is 13.4. The Hall–Kier alpha value is -1.84. The van der Waals surface area contributed by atoms with Crippen molar-refractivity contribution in [2.24, 2.45) is 5.92 Å². The third-order valence-corrected chi connectivity index (χ3v) is 4.24. The van der Waals surface area contributed by atoms with Crippen LogP contribution in [0.5, 0.6) is 0 Å². The van der Waals surface area contributed by atoms with Gasteiger partial charge in [0.25, 0.3) is 0 Å². The van der Waals surface area contributed by atoms with E-state index < -0.39 is 12.1 Å². The molecule has 21 heavy (non-hydrogen) atoms. The summed E-state index contributed by atoms with van der Waals surface area (Å²) in [6, 6.07) is 7.04. The third-order valence-electron chi connectivity index (χ3n) is 4.24. The molecule has 2 rings (SSSR count). The fourth-order valence-corrected chi connectivity index (χ4v) is 3.11. The molecule has 1 fully saturated rings. The second-order valence-electron chi connectivity index (χ2n) is 6.20. The van der Waals surface area contributed by atoms with Crippen molar-refractivity contribution in [3.8, 4) is 0 Å². The Morgan fingerprint density at radius 1 is 1.14 bits per heavy atom. The maximum Gasteiger partial charge on any atom is 0.246 e. The van der Waals surface area contributed by atoms with Gasteiger partial charge in [0.15, 0.2) is 0 Å². The summed E-state index contributed by atoms with van der Waals surface area (Å²) < 4.78 is 0. The number of aryl methyl sites for hydroxylation is 1. The van der Waals surface area contributed by atoms with Crippen LogP contribution in [0.3, 0.4) is 0 Å². The maximum atomic E-state index is 12.6. The Bertz CT molecular complexity index is 553. The van der Waals surface area contributed by atoms with E-state index >= 15 is 0 Å². The van der Waals surface area contributed by atoms with E-state index in [-0.39, 0.29) is 23.8 Å². The number of nitrogens with zero attached hydrogens (tertiary/aromatic N) is 1. The summed E-state index contributed by atoms with van der Waals surface area (Å²) in [4.78, 5) is 26.7. The topological polar surface area (TPSA) is 49.4 Å². The Morgan fingerprint density at radius 2 is 1.76 bits per heavy atom. The van der Waals surface area contributed by atoms with Gasteiger partial charge in [-0.2, -0.15) is 0 Å². The van der Waals surface area contributed by atoms with E-state index in [1.165, 1.54) is 0 Å². The average Bonchev–Trinajstić information content (AvgIpc) is 2.41. The first-order chi connectivity index (χ1) is 9.84. The molecule has 1 N–H and O–H groups in total. The van der Waals surface area contributed by atoms with Crippen molar-refractivity contribution in [1.82, 2.24) is 10.2 Å². The van der Waals surface area contributed by atoms with Gasteiger partial charge in [0, 0.05) is 0 Å². The molecule has 1 aliphatic heterocycles. The van der Waals surface area contributed by atoms with Crippen LogP contribution in [-0.4, -0.2) is 28.8 Å². The van der Waals surface area contributed by atoms with Crippen molar-refractivity contribution in [3.63, 3.8) is 0 Å². The normalized spacial score (nSPS) is 24.2. The minimum absolute atomic E-state index is 0.0101. The summed E-state index contributed by atoms with van der Waals surface area (Å²) in [5.74, 6) is 0.00880. The smallest absolute Gasteiger partial charge is 0.246 e. The SMILES string of the molecule is Cc1ccccc1C(C)N1C(=O)C(C)NC(=O)C1C(C)C. The zero-order chi connectivity index (χ0) is 15.7. The Morgan fingerprint density at radius 3 is 2.33 bits per heavy atom. The van der Waals surface area contributed by atoms with Crippen LogP contribution in [0.2, 0.25) is 0 Å². The summed E-state index contributed by atoms with van der Waals surface area (Å²) in [6.07, 6.45) is 0. The number of carbonyl (C=O) groups excluding carboxylic acids is 2. The highest BCUT2D eigenvalue weighted by Gasteiger charge is 2.42. The standard InChI is InChI=1S/C17H24N2O2/c1-10(2)15-16(20)18-12(4)17(21)19(15)13(5)14-9-7-6-8-11(14)3/h6-10,12-13,15H,1-5H3,(H,18,20). The molecule has 0 spiro atoms. The van der Waals surface area contributed by atoms with Gasteiger partial charge in [-0.15, -0.1) is 0 Å². The van der Waals surface area contributed by atoms with E-state index in [1.807, 2.05) is 52.0 Å². The molecule has 114 valence electrons. The first kappa shape index (κ1) is 15.5. The molecule has 2 amide bonds. The van der Waals surface area contributed by atoms with Crippen LogP contribution < -0.4 is 5.32 Å². The minimum atomic E-state index is -0.459. The molecule has 0 radical (unpaired) electrons. The highest BCUT2D eigenvalue weighted by Crippen LogP contribution is 2.30. The molecule has 0 aromatic heterocycles. The maximum absolute atomic E-state index is 12.6. The van der Waals surface area contributed by atoms with Crippen LogP contribution >= 0.6 is 0 Å². The third kappa shape index (κ3) is 2.80. The second kappa shape index (κ2) is 5.88. The molecule has 1 aliphatic rings. The minimum Gasteiger partial charge on any atom is -0.343 e. The van der Waals surface area contributed by atoms with Crippen molar-refractivity contribution in [3.05, 3.63) is 35.4 Å². The van der Waals surface area contributed by atoms with Crippen molar-refractivity contribution < 1.29 is 9.59 Å². The van der Waals surface area contributed by atoms with Gasteiger partial charge < -0.3 is 10.2 Å². The number of piperazine rings is 1. The fraction of sp³-hybridized carbons (Fsp3) is 0.529. The first-order valence-electron chi connectivity index (χ1n) is 7.52. The van der Waals surface area contributed by atoms with Gasteiger partial charge in [-0.05, 0) is 37.8 Å². The highest BCUT2D eigenvalue weighted by atomic mass is 16.2. The van der Waals surface area contributed by atoms with E-state index in [9.17, 15) is 9.59 Å². The number of nitrogens with one attached hydrogen (secondary N) is 1. The lowest BCUT2D eigenvalue weighted by Gasteiger charge is -2.43. The van der Waals surface area contributed by atoms with E-state index in [0.29, 0.717) is 0 Å². The number of rotatable bonds is 3. The van der Waals surface area contributed by atoms with Crippen LogP contribution in [0.25, 0.3) is 0 Å². The van der Waals surface area contributed by atoms with Crippen LogP contribution in [0.15, 0.2) is 24.3 Å². The Balaban J connectivity index is 2.43. The lowest BCUT2D eigenvalue weighted by molar-refractivity contribution is -0.153. The molecule has 0 aliphatic carbocycles. The molecule has 0 bridgehead atoms. The zero-order valence-electron chi connectivity index (χ0n) is 13.4. The molecule has 1 saturated heterocycles. The number of carbonyl (C=O) groups is 2. The van der Waals surface area contributed by atoms with Gasteiger partial charge in [-0.25, -0.2) is 0 Å². The Labute approximate surface area is 126 Å². The number of hydrogen-bond acceptors (Lipinski definition) is 2. The summed E-state index contributed by atoms with van der Waals surface area (Å²) in [5.41, 5.74) is 2.23. The summed E-state index contributed by atoms with van der Waals surface area (Å²) in [6.45, 7) is 9.74. The van der Waals surface area contributed by atoms with Gasteiger partial charge in [-0.3, -0.25) is 9.59 Å². The molecular weight excluding hydrogens is 264 g/mol. The number of hydrogen-bond donors (Lipinski definition) is 1. The fourth-order valence-electron chi connectivity index (χ4n) is 3.11. The molecule has 3 atom stereocenters. The highest BCUT2D eigenvalue weighted by molar-refractivity contribution is 5.97. The van der Waals surface area contributed by atoms with Gasteiger partial charge in [0.1, 0.15) is 12.1 Å². The Kier molecular flexibility index (Phi) is 4.35. The molecule has 4 heteroatoms. The van der Waals surface area contributed by atoms with Crippen molar-refractivity contribution in [2.75, 3.05) is 0 Å². The molecule has 1 heterocycles. The van der Waals surface area contributed by atoms with E-state index in [1.54, 1.807) is 11.8 Å². The van der Waals surface area contributed by atoms with Crippen LogP contribution in [0.4, 0.5) is 0 Å². The molecule has 3 unspecified atom stereocenters. The first-order valence-corrected chi connectivity index (χ1v) is 7.52. The quantitative estimate of drug-likeness (QED) is 0.928. The van der Waals surface area contributed by atoms with Crippen molar-refractivity contribution >= 4 is 11.8 Å². The van der Waals surface area contributed by atoms with E-state index in [2.05, 4.69) is 5.32 Å². The lowest BCUT2D eigenvalue weighted by Crippen LogP contribution is -2.64.